The van der Waals surface area contributed by atoms with Gasteiger partial charge in [-0.3, -0.25) is 0 Å². The van der Waals surface area contributed by atoms with Crippen LogP contribution in [-0.4, -0.2) is 11.3 Å². The van der Waals surface area contributed by atoms with E-state index in [1.54, 1.807) is 0 Å². The van der Waals surface area contributed by atoms with Gasteiger partial charge in [0.05, 0.1) is 16.8 Å². The summed E-state index contributed by atoms with van der Waals surface area (Å²) in [7, 11) is 0. The first-order valence-corrected chi connectivity index (χ1v) is 13.1. The normalized spacial score (nSPS) is 17.6. The maximum Gasteiger partial charge on any atom is 0.260 e. The fourth-order valence-corrected chi connectivity index (χ4v) is 6.55. The summed E-state index contributed by atoms with van der Waals surface area (Å²) in [6.45, 7) is 0.119. The Morgan fingerprint density at radius 2 is 1.80 bits per heavy atom. The van der Waals surface area contributed by atoms with Crippen LogP contribution in [0.5, 0.6) is 17.2 Å². The molecule has 0 atom stereocenters. The molecule has 3 aromatic carbocycles. The highest BCUT2D eigenvalue weighted by molar-refractivity contribution is 9.10. The van der Waals surface area contributed by atoms with Gasteiger partial charge in [-0.15, -0.1) is 0 Å². The number of rotatable bonds is 1. The largest absolute Gasteiger partial charge is 0.463 e. The lowest BCUT2D eigenvalue weighted by atomic mass is 9.34. The number of benzene rings is 3. The molecule has 0 bridgehead atoms. The van der Waals surface area contributed by atoms with Crippen LogP contribution in [0.3, 0.4) is 0 Å². The average Bonchev–Trinajstić information content (AvgIpc) is 3.22. The molecule has 5 heteroatoms. The monoisotopic (exact) mass is 517 g/mol. The molecule has 168 valence electrons. The highest BCUT2D eigenvalue weighted by Gasteiger charge is 2.42. The maximum absolute atomic E-state index is 6.80. The lowest BCUT2D eigenvalue weighted by molar-refractivity contribution is 0.397. The maximum atomic E-state index is 6.80. The quantitative estimate of drug-likeness (QED) is 0.254. The number of ether oxygens (including phenoxy) is 2. The minimum absolute atomic E-state index is 0.119. The molecule has 0 fully saturated rings. The summed E-state index contributed by atoms with van der Waals surface area (Å²) in [5.74, 6) is 3.89. The van der Waals surface area contributed by atoms with E-state index in [1.807, 2.05) is 0 Å². The van der Waals surface area contributed by atoms with Crippen molar-refractivity contribution in [2.24, 2.45) is 0 Å². The molecule has 0 unspecified atom stereocenters. The van der Waals surface area contributed by atoms with Crippen LogP contribution in [0.15, 0.2) is 94.6 Å². The minimum Gasteiger partial charge on any atom is -0.463 e. The zero-order valence-electron chi connectivity index (χ0n) is 19.1. The summed E-state index contributed by atoms with van der Waals surface area (Å²) in [5, 5.41) is 2.38. The van der Waals surface area contributed by atoms with Crippen LogP contribution in [0.4, 0.5) is 0 Å². The molecular formula is C30H21BBrNO2. The number of hydrogen-bond donors (Lipinski definition) is 0. The highest BCUT2D eigenvalue weighted by Crippen LogP contribution is 2.46. The van der Waals surface area contributed by atoms with Crippen molar-refractivity contribution in [2.45, 2.75) is 25.7 Å². The number of allylic oxidation sites excluding steroid dienone is 8. The van der Waals surface area contributed by atoms with Crippen LogP contribution in [-0.2, 0) is 0 Å². The van der Waals surface area contributed by atoms with Crippen molar-refractivity contribution in [3.8, 4) is 17.2 Å². The molecule has 0 saturated carbocycles. The van der Waals surface area contributed by atoms with Crippen LogP contribution in [0, 0.1) is 0 Å². The van der Waals surface area contributed by atoms with Crippen molar-refractivity contribution in [1.29, 1.82) is 0 Å². The Morgan fingerprint density at radius 3 is 2.71 bits per heavy atom. The molecule has 8 rings (SSSR count). The molecule has 3 nitrogen and oxygen atoms in total. The molecule has 0 saturated heterocycles. The molecule has 0 amide bonds. The van der Waals surface area contributed by atoms with E-state index in [-0.39, 0.29) is 6.71 Å². The number of hydrogen-bond acceptors (Lipinski definition) is 2. The van der Waals surface area contributed by atoms with Crippen molar-refractivity contribution < 1.29 is 9.47 Å². The zero-order valence-corrected chi connectivity index (χ0v) is 20.6. The number of nitrogens with zero attached hydrogens (tertiary/aromatic N) is 1. The smallest absolute Gasteiger partial charge is 0.260 e. The predicted molar refractivity (Wildman–Crippen MR) is 147 cm³/mol. The van der Waals surface area contributed by atoms with Gasteiger partial charge in [0.25, 0.3) is 6.71 Å². The molecule has 1 aromatic heterocycles. The summed E-state index contributed by atoms with van der Waals surface area (Å²) < 4.78 is 16.9. The Bertz CT molecular complexity index is 1720. The lowest BCUT2D eigenvalue weighted by Crippen LogP contribution is -2.51. The molecule has 4 aliphatic rings. The summed E-state index contributed by atoms with van der Waals surface area (Å²) >= 11 is 3.72. The molecule has 0 N–H and O–H groups in total. The van der Waals surface area contributed by atoms with E-state index in [1.165, 1.54) is 32.9 Å². The summed E-state index contributed by atoms with van der Waals surface area (Å²) in [6.07, 6.45) is 15.2. The molecule has 35 heavy (non-hydrogen) atoms. The molecule has 3 heterocycles. The van der Waals surface area contributed by atoms with Crippen molar-refractivity contribution in [2.75, 3.05) is 0 Å². The summed E-state index contributed by atoms with van der Waals surface area (Å²) in [6, 6.07) is 17.3. The van der Waals surface area contributed by atoms with Gasteiger partial charge in [-0.2, -0.15) is 0 Å². The Balaban J connectivity index is 1.54. The van der Waals surface area contributed by atoms with Crippen LogP contribution in [0.25, 0.3) is 27.5 Å². The van der Waals surface area contributed by atoms with Gasteiger partial charge in [0.15, 0.2) is 5.75 Å². The standard InChI is InChI=1S/C30H21BBrNO2/c32-18-14-15-20-21-17-27-28-30(29(21)33(24(20)16-18)19-8-2-1-3-9-19)35-26-13-7-5-11-23(26)31(28)22-10-4-6-12-25(22)34-27/h1-2,4-5,7-8,10-11,13-17H,3,6,9,12H2. The van der Waals surface area contributed by atoms with E-state index in [0.29, 0.717) is 0 Å². The van der Waals surface area contributed by atoms with Crippen LogP contribution >= 0.6 is 15.9 Å². The van der Waals surface area contributed by atoms with Gasteiger partial charge in [-0.25, -0.2) is 0 Å². The summed E-state index contributed by atoms with van der Waals surface area (Å²) in [5.41, 5.74) is 7.24. The predicted octanol–water partition coefficient (Wildman–Crippen LogP) is 7.00. The van der Waals surface area contributed by atoms with Gasteiger partial charge < -0.3 is 14.0 Å². The fraction of sp³-hybridized carbons (Fsp3) is 0.133. The van der Waals surface area contributed by atoms with Crippen molar-refractivity contribution in [3.05, 3.63) is 94.6 Å². The van der Waals surface area contributed by atoms with Gasteiger partial charge in [-0.1, -0.05) is 64.5 Å². The Hall–Kier alpha value is -3.44. The fourth-order valence-electron chi connectivity index (χ4n) is 6.20. The average molecular weight is 518 g/mol. The van der Waals surface area contributed by atoms with E-state index in [0.717, 1.165) is 64.1 Å². The second kappa shape index (κ2) is 7.28. The minimum atomic E-state index is 0.119. The number of aromatic nitrogens is 1. The van der Waals surface area contributed by atoms with E-state index >= 15 is 0 Å². The van der Waals surface area contributed by atoms with E-state index in [9.17, 15) is 0 Å². The van der Waals surface area contributed by atoms with Gasteiger partial charge in [-0.05, 0) is 60.5 Å². The van der Waals surface area contributed by atoms with Crippen molar-refractivity contribution in [1.82, 2.24) is 4.57 Å². The van der Waals surface area contributed by atoms with Crippen LogP contribution in [0.1, 0.15) is 25.7 Å². The van der Waals surface area contributed by atoms with E-state index < -0.39 is 0 Å². The third-order valence-electron chi connectivity index (χ3n) is 7.68. The highest BCUT2D eigenvalue weighted by atomic mass is 79.9. The molecule has 4 aromatic rings. The lowest BCUT2D eigenvalue weighted by Gasteiger charge is -2.35. The molecule has 2 aliphatic heterocycles. The zero-order chi connectivity index (χ0) is 23.1. The third-order valence-corrected chi connectivity index (χ3v) is 8.17. The van der Waals surface area contributed by atoms with Crippen molar-refractivity contribution >= 4 is 61.1 Å². The van der Waals surface area contributed by atoms with Crippen molar-refractivity contribution in [3.63, 3.8) is 0 Å². The molecule has 2 aliphatic carbocycles. The topological polar surface area (TPSA) is 23.4 Å². The number of fused-ring (bicyclic) bond motifs is 7. The van der Waals surface area contributed by atoms with Gasteiger partial charge in [0.2, 0.25) is 0 Å². The first-order chi connectivity index (χ1) is 17.3. The Labute approximate surface area is 212 Å². The van der Waals surface area contributed by atoms with Crippen LogP contribution in [0.2, 0.25) is 0 Å². The van der Waals surface area contributed by atoms with Gasteiger partial charge >= 0.3 is 0 Å². The molecule has 0 spiro atoms. The first-order valence-electron chi connectivity index (χ1n) is 12.3. The van der Waals surface area contributed by atoms with E-state index in [2.05, 4.69) is 99.4 Å². The Morgan fingerprint density at radius 1 is 0.886 bits per heavy atom. The summed E-state index contributed by atoms with van der Waals surface area (Å²) in [4.78, 5) is 0. The SMILES string of the molecule is Brc1ccc2c3cc4c5c(c3n(C3=CC=CCC3)c2c1)Oc1ccccc1B5C1=C(CCC=C1)O4. The van der Waals surface area contributed by atoms with Gasteiger partial charge in [0.1, 0.15) is 11.5 Å². The number of halogens is 1. The molecule has 0 radical (unpaired) electrons. The number of para-hydroxylation sites is 1. The van der Waals surface area contributed by atoms with E-state index in [4.69, 9.17) is 9.47 Å². The Kier molecular flexibility index (Phi) is 4.13. The third kappa shape index (κ3) is 2.73. The van der Waals surface area contributed by atoms with Crippen LogP contribution < -0.4 is 20.4 Å². The molecular weight excluding hydrogens is 497 g/mol. The second-order valence-electron chi connectivity index (χ2n) is 9.63. The first kappa shape index (κ1) is 19.8. The van der Waals surface area contributed by atoms with Gasteiger partial charge in [0, 0.05) is 32.8 Å². The second-order valence-corrected chi connectivity index (χ2v) is 10.5.